The maximum Gasteiger partial charge on any atom is 0.255 e. The third kappa shape index (κ3) is 2.56. The number of amides is 3. The molecule has 0 bridgehead atoms. The van der Waals surface area contributed by atoms with Gasteiger partial charge >= 0.3 is 0 Å². The Morgan fingerprint density at radius 2 is 2.10 bits per heavy atom. The summed E-state index contributed by atoms with van der Waals surface area (Å²) in [6.45, 7) is 2.51. The van der Waals surface area contributed by atoms with Crippen LogP contribution in [-0.4, -0.2) is 35.2 Å². The van der Waals surface area contributed by atoms with E-state index in [1.165, 1.54) is 0 Å². The first-order valence-electron chi connectivity index (χ1n) is 6.91. The molecular weight excluding hydrogens is 383 g/mol. The van der Waals surface area contributed by atoms with Gasteiger partial charge in [-0.3, -0.25) is 19.7 Å². The lowest BCUT2D eigenvalue weighted by Crippen LogP contribution is -2.53. The minimum Gasteiger partial charge on any atom is -0.322 e. The lowest BCUT2D eigenvalue weighted by molar-refractivity contribution is -0.142. The fourth-order valence-electron chi connectivity index (χ4n) is 2.85. The van der Waals surface area contributed by atoms with Crippen LogP contribution in [0.3, 0.4) is 0 Å². The molecule has 5 nitrogen and oxygen atoms in total. The molecule has 1 saturated heterocycles. The van der Waals surface area contributed by atoms with Crippen molar-refractivity contribution in [1.82, 2.24) is 10.2 Å². The number of nitrogens with zero attached hydrogens (tertiary/aromatic N) is 1. The molecule has 2 atom stereocenters. The number of carbonyl (C=O) groups excluding carboxylic acids is 3. The van der Waals surface area contributed by atoms with Crippen LogP contribution in [0.25, 0.3) is 0 Å². The fourth-order valence-corrected chi connectivity index (χ4v) is 3.88. The second-order valence-corrected chi connectivity index (χ2v) is 6.69. The Bertz CT molecular complexity index is 633. The Kier molecular flexibility index (Phi) is 3.73. The highest BCUT2D eigenvalue weighted by Crippen LogP contribution is 2.35. The number of carbonyl (C=O) groups is 3. The normalized spacial score (nSPS) is 29.3. The topological polar surface area (TPSA) is 66.5 Å². The summed E-state index contributed by atoms with van der Waals surface area (Å²) in [4.78, 5) is 37.4. The summed E-state index contributed by atoms with van der Waals surface area (Å²) in [6.07, 6.45) is 6.64. The molecule has 2 unspecified atom stereocenters. The largest absolute Gasteiger partial charge is 0.322 e. The van der Waals surface area contributed by atoms with E-state index in [1.54, 1.807) is 4.90 Å². The highest BCUT2D eigenvalue weighted by atomic mass is 127. The van der Waals surface area contributed by atoms with E-state index in [9.17, 15) is 14.4 Å². The third-order valence-electron chi connectivity index (χ3n) is 4.00. The molecule has 1 aliphatic carbocycles. The van der Waals surface area contributed by atoms with Crippen LogP contribution in [0.1, 0.15) is 19.8 Å². The van der Waals surface area contributed by atoms with Gasteiger partial charge < -0.3 is 4.90 Å². The van der Waals surface area contributed by atoms with Crippen molar-refractivity contribution in [3.63, 3.8) is 0 Å². The van der Waals surface area contributed by atoms with Gasteiger partial charge in [0.15, 0.2) is 0 Å². The molecule has 3 amide bonds. The van der Waals surface area contributed by atoms with Gasteiger partial charge in [-0.05, 0) is 40.5 Å². The summed E-state index contributed by atoms with van der Waals surface area (Å²) in [6, 6.07) is -0.544. The van der Waals surface area contributed by atoms with Crippen LogP contribution in [-0.2, 0) is 14.4 Å². The quantitative estimate of drug-likeness (QED) is 0.537. The van der Waals surface area contributed by atoms with Crippen LogP contribution in [0, 0.1) is 5.92 Å². The summed E-state index contributed by atoms with van der Waals surface area (Å²) in [7, 11) is 0. The molecule has 0 aromatic rings. The average Bonchev–Trinajstić information content (AvgIpc) is 2.66. The maximum absolute atomic E-state index is 12.6. The maximum atomic E-state index is 12.6. The van der Waals surface area contributed by atoms with Crippen molar-refractivity contribution in [1.29, 1.82) is 0 Å². The summed E-state index contributed by atoms with van der Waals surface area (Å²) in [5.41, 5.74) is 1.65. The lowest BCUT2D eigenvalue weighted by atomic mass is 10.0. The number of rotatable bonds is 1. The summed E-state index contributed by atoms with van der Waals surface area (Å²) in [5.74, 6) is -0.457. The molecule has 2 heterocycles. The van der Waals surface area contributed by atoms with Crippen molar-refractivity contribution in [2.75, 3.05) is 6.54 Å². The SMILES string of the molecule is CC1C=CC2=C(CN(C3CCC(=O)NC3=O)C2=O)C(I)=C1. The predicted molar refractivity (Wildman–Crippen MR) is 85.3 cm³/mol. The van der Waals surface area contributed by atoms with Crippen molar-refractivity contribution in [2.24, 2.45) is 5.92 Å². The van der Waals surface area contributed by atoms with Gasteiger partial charge in [-0.25, -0.2) is 0 Å². The number of allylic oxidation sites excluding steroid dienone is 2. The number of imide groups is 1. The van der Waals surface area contributed by atoms with Crippen LogP contribution >= 0.6 is 22.6 Å². The molecule has 1 N–H and O–H groups in total. The van der Waals surface area contributed by atoms with Crippen LogP contribution < -0.4 is 5.32 Å². The molecule has 0 radical (unpaired) electrons. The first kappa shape index (κ1) is 14.5. The molecule has 1 fully saturated rings. The Morgan fingerprint density at radius 3 is 2.81 bits per heavy atom. The highest BCUT2D eigenvalue weighted by Gasteiger charge is 2.40. The molecule has 0 saturated carbocycles. The van der Waals surface area contributed by atoms with Gasteiger partial charge in [0, 0.05) is 22.1 Å². The van der Waals surface area contributed by atoms with E-state index in [1.807, 2.05) is 12.2 Å². The first-order chi connectivity index (χ1) is 9.97. The van der Waals surface area contributed by atoms with E-state index in [4.69, 9.17) is 0 Å². The summed E-state index contributed by atoms with van der Waals surface area (Å²) in [5, 5.41) is 2.31. The number of halogens is 1. The van der Waals surface area contributed by atoms with Crippen molar-refractivity contribution >= 4 is 40.3 Å². The Morgan fingerprint density at radius 1 is 1.33 bits per heavy atom. The van der Waals surface area contributed by atoms with Crippen LogP contribution in [0.2, 0.25) is 0 Å². The molecule has 3 rings (SSSR count). The van der Waals surface area contributed by atoms with Crippen LogP contribution in [0.15, 0.2) is 33.0 Å². The molecule has 3 aliphatic rings. The molecular formula is C15H15IN2O3. The van der Waals surface area contributed by atoms with Gasteiger partial charge in [-0.15, -0.1) is 0 Å². The number of hydrogen-bond donors (Lipinski definition) is 1. The minimum atomic E-state index is -0.544. The lowest BCUT2D eigenvalue weighted by Gasteiger charge is -2.30. The summed E-state index contributed by atoms with van der Waals surface area (Å²) >= 11 is 2.24. The van der Waals surface area contributed by atoms with Crippen LogP contribution in [0.4, 0.5) is 0 Å². The monoisotopic (exact) mass is 398 g/mol. The van der Waals surface area contributed by atoms with Crippen molar-refractivity contribution in [3.8, 4) is 0 Å². The molecule has 0 aromatic heterocycles. The molecule has 2 aliphatic heterocycles. The van der Waals surface area contributed by atoms with Crippen molar-refractivity contribution in [2.45, 2.75) is 25.8 Å². The average molecular weight is 398 g/mol. The van der Waals surface area contributed by atoms with Gasteiger partial charge in [0.1, 0.15) is 6.04 Å². The van der Waals surface area contributed by atoms with E-state index in [0.29, 0.717) is 24.5 Å². The Labute approximate surface area is 136 Å². The van der Waals surface area contributed by atoms with E-state index in [2.05, 4.69) is 40.9 Å². The van der Waals surface area contributed by atoms with Gasteiger partial charge in [0.2, 0.25) is 11.8 Å². The highest BCUT2D eigenvalue weighted by molar-refractivity contribution is 14.1. The van der Waals surface area contributed by atoms with E-state index in [0.717, 1.165) is 9.15 Å². The molecule has 0 aromatic carbocycles. The summed E-state index contributed by atoms with van der Waals surface area (Å²) < 4.78 is 1.06. The van der Waals surface area contributed by atoms with Crippen LogP contribution in [0.5, 0.6) is 0 Å². The smallest absolute Gasteiger partial charge is 0.255 e. The van der Waals surface area contributed by atoms with Gasteiger partial charge in [0.05, 0.1) is 0 Å². The van der Waals surface area contributed by atoms with Gasteiger partial charge in [-0.1, -0.05) is 25.2 Å². The number of nitrogens with one attached hydrogen (secondary N) is 1. The van der Waals surface area contributed by atoms with Gasteiger partial charge in [-0.2, -0.15) is 0 Å². The molecule has 110 valence electrons. The molecule has 6 heteroatoms. The predicted octanol–water partition coefficient (Wildman–Crippen LogP) is 1.46. The zero-order valence-corrected chi connectivity index (χ0v) is 13.7. The van der Waals surface area contributed by atoms with Gasteiger partial charge in [0.25, 0.3) is 5.91 Å². The van der Waals surface area contributed by atoms with Crippen molar-refractivity contribution < 1.29 is 14.4 Å². The number of hydrogen-bond acceptors (Lipinski definition) is 3. The molecule has 21 heavy (non-hydrogen) atoms. The van der Waals surface area contributed by atoms with E-state index >= 15 is 0 Å². The second kappa shape index (κ2) is 5.40. The Balaban J connectivity index is 1.86. The van der Waals surface area contributed by atoms with Crippen molar-refractivity contribution in [3.05, 3.63) is 33.0 Å². The third-order valence-corrected chi connectivity index (χ3v) is 5.01. The minimum absolute atomic E-state index is 0.118. The Hall–Kier alpha value is -1.44. The fraction of sp³-hybridized carbons (Fsp3) is 0.400. The number of piperidine rings is 1. The zero-order valence-electron chi connectivity index (χ0n) is 11.6. The second-order valence-electron chi connectivity index (χ2n) is 5.53. The van der Waals surface area contributed by atoms with E-state index in [-0.39, 0.29) is 24.1 Å². The molecule has 0 spiro atoms. The standard InChI is InChI=1S/C15H15IN2O3/c1-8-2-3-9-10(11(16)6-8)7-18(15(9)21)12-4-5-13(19)17-14(12)20/h2-3,6,8,12H,4-5,7H2,1H3,(H,17,19,20). The van der Waals surface area contributed by atoms with E-state index < -0.39 is 6.04 Å². The zero-order chi connectivity index (χ0) is 15.1. The first-order valence-corrected chi connectivity index (χ1v) is 7.99.